The summed E-state index contributed by atoms with van der Waals surface area (Å²) in [4.78, 5) is 17.6. The quantitative estimate of drug-likeness (QED) is 0.405. The number of pyridine rings is 1. The van der Waals surface area contributed by atoms with Crippen molar-refractivity contribution in [2.45, 2.75) is 59.3 Å². The summed E-state index contributed by atoms with van der Waals surface area (Å²) in [5.74, 6) is 1.35. The average Bonchev–Trinajstić information content (AvgIpc) is 3.26. The van der Waals surface area contributed by atoms with Gasteiger partial charge in [0.2, 0.25) is 6.41 Å². The van der Waals surface area contributed by atoms with Gasteiger partial charge in [0.05, 0.1) is 0 Å². The maximum atomic E-state index is 10.3. The summed E-state index contributed by atoms with van der Waals surface area (Å²) in [5, 5.41) is 3.57. The number of aromatic amines is 1. The van der Waals surface area contributed by atoms with E-state index < -0.39 is 0 Å². The second kappa shape index (κ2) is 13.7. The lowest BCUT2D eigenvalue weighted by molar-refractivity contribution is -0.109. The molecule has 4 nitrogen and oxygen atoms in total. The van der Waals surface area contributed by atoms with Crippen LogP contribution in [-0.4, -0.2) is 22.9 Å². The monoisotopic (exact) mass is 453 g/mol. The largest absolute Gasteiger partial charge is 0.367 e. The van der Waals surface area contributed by atoms with Gasteiger partial charge in [-0.1, -0.05) is 37.6 Å². The molecule has 1 aliphatic carbocycles. The fourth-order valence-corrected chi connectivity index (χ4v) is 4.24. The van der Waals surface area contributed by atoms with Crippen molar-refractivity contribution in [3.8, 4) is 11.1 Å². The van der Waals surface area contributed by atoms with E-state index in [-0.39, 0.29) is 0 Å². The zero-order valence-electron chi connectivity index (χ0n) is 19.7. The van der Waals surface area contributed by atoms with Gasteiger partial charge in [-0.3, -0.25) is 9.78 Å². The highest BCUT2D eigenvalue weighted by Crippen LogP contribution is 2.35. The fraction of sp³-hybridized carbons (Fsp3) is 0.407. The standard InChI is InChI=1S/C14H20N2O.C11H10ClN.C2H6/c1-11-8-14(6-7-16-11)13-4-2-12(3-5-13)9-15-10-17;1-8-6-13-7-11(8)9-2-4-10(12)5-3-9;1-2/h6-8,10,12-13H,2-5,9H2,1H3,(H,15,17);2-7,13H,1H3;1-2H3. The van der Waals surface area contributed by atoms with E-state index in [9.17, 15) is 4.79 Å². The van der Waals surface area contributed by atoms with Crippen LogP contribution < -0.4 is 5.32 Å². The molecule has 1 aliphatic rings. The SMILES string of the molecule is CC.Cc1c[nH]cc1-c1ccc(Cl)cc1.Cc1cc(C2CCC(CNC=O)CC2)ccn1. The number of aromatic nitrogens is 2. The molecule has 0 bridgehead atoms. The normalized spacial score (nSPS) is 17.3. The lowest BCUT2D eigenvalue weighted by atomic mass is 9.79. The van der Waals surface area contributed by atoms with Crippen molar-refractivity contribution >= 4 is 18.0 Å². The first-order valence-corrected chi connectivity index (χ1v) is 11.9. The third-order valence-corrected chi connectivity index (χ3v) is 6.09. The maximum absolute atomic E-state index is 10.3. The van der Waals surface area contributed by atoms with E-state index in [1.54, 1.807) is 0 Å². The molecule has 5 heteroatoms. The first-order chi connectivity index (χ1) is 15.6. The van der Waals surface area contributed by atoms with Crippen molar-refractivity contribution in [3.05, 3.63) is 76.8 Å². The summed E-state index contributed by atoms with van der Waals surface area (Å²) in [6, 6.07) is 12.2. The Balaban J connectivity index is 0.000000217. The zero-order chi connectivity index (χ0) is 23.3. The molecule has 3 aromatic rings. The van der Waals surface area contributed by atoms with E-state index in [0.717, 1.165) is 23.7 Å². The number of carbonyl (C=O) groups excluding carboxylic acids is 1. The Morgan fingerprint density at radius 2 is 1.75 bits per heavy atom. The third-order valence-electron chi connectivity index (χ3n) is 5.84. The molecule has 2 heterocycles. The van der Waals surface area contributed by atoms with Gasteiger partial charge in [-0.25, -0.2) is 0 Å². The number of hydrogen-bond donors (Lipinski definition) is 2. The number of rotatable bonds is 5. The summed E-state index contributed by atoms with van der Waals surface area (Å²) in [5.41, 5.74) is 6.22. The van der Waals surface area contributed by atoms with Crippen LogP contribution in [0, 0.1) is 19.8 Å². The molecule has 4 rings (SSSR count). The van der Waals surface area contributed by atoms with E-state index in [1.807, 2.05) is 63.6 Å². The summed E-state index contributed by atoms with van der Waals surface area (Å²) in [7, 11) is 0. The number of nitrogens with one attached hydrogen (secondary N) is 2. The second-order valence-corrected chi connectivity index (χ2v) is 8.47. The Hall–Kier alpha value is -2.59. The second-order valence-electron chi connectivity index (χ2n) is 8.03. The van der Waals surface area contributed by atoms with Crippen LogP contribution in [0.4, 0.5) is 0 Å². The van der Waals surface area contributed by atoms with Gasteiger partial charge in [0.1, 0.15) is 0 Å². The topological polar surface area (TPSA) is 57.8 Å². The number of benzene rings is 1. The highest BCUT2D eigenvalue weighted by atomic mass is 35.5. The van der Waals surface area contributed by atoms with Crippen molar-refractivity contribution in [2.24, 2.45) is 5.92 Å². The van der Waals surface area contributed by atoms with Crippen LogP contribution in [0.25, 0.3) is 11.1 Å². The Labute approximate surface area is 197 Å². The molecule has 1 amide bonds. The summed E-state index contributed by atoms with van der Waals surface area (Å²) < 4.78 is 0. The highest BCUT2D eigenvalue weighted by Gasteiger charge is 2.22. The molecular weight excluding hydrogens is 418 g/mol. The number of H-pyrrole nitrogens is 1. The van der Waals surface area contributed by atoms with Crippen LogP contribution in [0.1, 0.15) is 62.3 Å². The molecule has 0 atom stereocenters. The van der Waals surface area contributed by atoms with Gasteiger partial charge in [0.15, 0.2) is 0 Å². The molecule has 1 saturated carbocycles. The minimum Gasteiger partial charge on any atom is -0.367 e. The lowest BCUT2D eigenvalue weighted by Crippen LogP contribution is -2.25. The molecule has 0 saturated heterocycles. The van der Waals surface area contributed by atoms with Crippen LogP contribution in [-0.2, 0) is 4.79 Å². The zero-order valence-corrected chi connectivity index (χ0v) is 20.5. The third kappa shape index (κ3) is 7.83. The van der Waals surface area contributed by atoms with Crippen molar-refractivity contribution < 1.29 is 4.79 Å². The summed E-state index contributed by atoms with van der Waals surface area (Å²) >= 11 is 5.81. The van der Waals surface area contributed by atoms with E-state index in [0.29, 0.717) is 11.8 Å². The predicted octanol–water partition coefficient (Wildman–Crippen LogP) is 7.08. The van der Waals surface area contributed by atoms with Crippen molar-refractivity contribution in [3.63, 3.8) is 0 Å². The van der Waals surface area contributed by atoms with Crippen LogP contribution >= 0.6 is 11.6 Å². The average molecular weight is 454 g/mol. The van der Waals surface area contributed by atoms with Gasteiger partial charge >= 0.3 is 0 Å². The molecule has 2 N–H and O–H groups in total. The first-order valence-electron chi connectivity index (χ1n) is 11.6. The number of hydrogen-bond acceptors (Lipinski definition) is 2. The minimum absolute atomic E-state index is 0.666. The minimum atomic E-state index is 0.666. The molecule has 1 aromatic carbocycles. The number of aryl methyl sites for hydroxylation is 2. The molecule has 0 unspecified atom stereocenters. The van der Waals surface area contributed by atoms with Gasteiger partial charge in [-0.2, -0.15) is 0 Å². The summed E-state index contributed by atoms with van der Waals surface area (Å²) in [6.45, 7) is 8.97. The Bertz CT molecular complexity index is 928. The van der Waals surface area contributed by atoms with Crippen LogP contribution in [0.2, 0.25) is 5.02 Å². The number of amides is 1. The molecule has 0 spiro atoms. The first kappa shape index (κ1) is 25.7. The van der Waals surface area contributed by atoms with Crippen molar-refractivity contribution in [2.75, 3.05) is 6.54 Å². The highest BCUT2D eigenvalue weighted by molar-refractivity contribution is 6.30. The van der Waals surface area contributed by atoms with Gasteiger partial charge in [-0.05, 0) is 92.3 Å². The van der Waals surface area contributed by atoms with Gasteiger partial charge in [0, 0.05) is 41.4 Å². The van der Waals surface area contributed by atoms with Crippen LogP contribution in [0.15, 0.2) is 55.0 Å². The van der Waals surface area contributed by atoms with E-state index in [1.165, 1.54) is 47.9 Å². The van der Waals surface area contributed by atoms with E-state index >= 15 is 0 Å². The lowest BCUT2D eigenvalue weighted by Gasteiger charge is -2.28. The smallest absolute Gasteiger partial charge is 0.207 e. The van der Waals surface area contributed by atoms with E-state index in [4.69, 9.17) is 11.6 Å². The van der Waals surface area contributed by atoms with Crippen molar-refractivity contribution in [1.82, 2.24) is 15.3 Å². The van der Waals surface area contributed by atoms with Gasteiger partial charge in [0.25, 0.3) is 0 Å². The summed E-state index contributed by atoms with van der Waals surface area (Å²) in [6.07, 6.45) is 11.6. The molecular formula is C27H36ClN3O. The maximum Gasteiger partial charge on any atom is 0.207 e. The molecule has 2 aromatic heterocycles. The molecule has 0 radical (unpaired) electrons. The fourth-order valence-electron chi connectivity index (χ4n) is 4.12. The van der Waals surface area contributed by atoms with Crippen LogP contribution in [0.3, 0.4) is 0 Å². The molecule has 172 valence electrons. The van der Waals surface area contributed by atoms with Gasteiger partial charge < -0.3 is 10.3 Å². The number of halogens is 1. The Morgan fingerprint density at radius 3 is 2.31 bits per heavy atom. The Morgan fingerprint density at radius 1 is 1.06 bits per heavy atom. The van der Waals surface area contributed by atoms with Crippen LogP contribution in [0.5, 0.6) is 0 Å². The predicted molar refractivity (Wildman–Crippen MR) is 135 cm³/mol. The number of carbonyl (C=O) groups is 1. The Kier molecular flexibility index (Phi) is 11.0. The molecule has 1 fully saturated rings. The molecule has 32 heavy (non-hydrogen) atoms. The number of nitrogens with zero attached hydrogens (tertiary/aromatic N) is 1. The van der Waals surface area contributed by atoms with Crippen molar-refractivity contribution in [1.29, 1.82) is 0 Å². The van der Waals surface area contributed by atoms with E-state index in [2.05, 4.69) is 34.3 Å². The van der Waals surface area contributed by atoms with Gasteiger partial charge in [-0.15, -0.1) is 0 Å². The molecule has 0 aliphatic heterocycles.